The van der Waals surface area contributed by atoms with E-state index in [2.05, 4.69) is 18.7 Å². The third kappa shape index (κ3) is 5.01. The zero-order chi connectivity index (χ0) is 15.2. The number of aromatic nitrogens is 1. The molecule has 0 aromatic carbocycles. The van der Waals surface area contributed by atoms with E-state index in [1.54, 1.807) is 17.0 Å². The minimum atomic E-state index is -0.0298. The highest BCUT2D eigenvalue weighted by molar-refractivity contribution is 5.76. The molecule has 0 radical (unpaired) electrons. The molecular weight excluding hydrogens is 266 g/mol. The van der Waals surface area contributed by atoms with Crippen LogP contribution in [-0.4, -0.2) is 53.0 Å². The molecule has 1 aromatic rings. The van der Waals surface area contributed by atoms with Gasteiger partial charge in [0.25, 0.3) is 0 Å². The molecule has 0 atom stereocenters. The summed E-state index contributed by atoms with van der Waals surface area (Å²) in [5.74, 6) is 0.790. The van der Waals surface area contributed by atoms with E-state index in [1.165, 1.54) is 12.1 Å². The number of nitrogens with zero attached hydrogens (tertiary/aromatic N) is 3. The minimum Gasteiger partial charge on any atom is -0.345 e. The van der Waals surface area contributed by atoms with E-state index in [0.717, 1.165) is 39.1 Å². The van der Waals surface area contributed by atoms with Crippen molar-refractivity contribution in [1.29, 1.82) is 0 Å². The Morgan fingerprint density at radius 3 is 2.52 bits per heavy atom. The molecular formula is C16H25N3O2. The van der Waals surface area contributed by atoms with Crippen LogP contribution in [0.5, 0.6) is 0 Å². The van der Waals surface area contributed by atoms with Crippen molar-refractivity contribution in [2.45, 2.75) is 26.8 Å². The summed E-state index contributed by atoms with van der Waals surface area (Å²) < 4.78 is 1.76. The second kappa shape index (κ2) is 7.41. The number of carbonyl (C=O) groups excluding carboxylic acids is 1. The second-order valence-electron chi connectivity index (χ2n) is 6.13. The van der Waals surface area contributed by atoms with E-state index >= 15 is 0 Å². The normalized spacial score (nSPS) is 17.0. The lowest BCUT2D eigenvalue weighted by Gasteiger charge is -2.23. The standard InChI is InChI=1S/C16H25N3O2/c1-14(2)12-17-6-3-7-19(11-10-17)16(21)13-18-8-4-15(20)5-9-18/h4-5,8-9,14H,3,6-7,10-13H2,1-2H3. The highest BCUT2D eigenvalue weighted by atomic mass is 16.2. The van der Waals surface area contributed by atoms with Gasteiger partial charge in [0.05, 0.1) is 0 Å². The van der Waals surface area contributed by atoms with Gasteiger partial charge in [-0.3, -0.25) is 9.59 Å². The lowest BCUT2D eigenvalue weighted by atomic mass is 10.2. The summed E-state index contributed by atoms with van der Waals surface area (Å²) in [6, 6.07) is 2.97. The number of amides is 1. The van der Waals surface area contributed by atoms with Crippen molar-refractivity contribution < 1.29 is 4.79 Å². The van der Waals surface area contributed by atoms with Crippen molar-refractivity contribution in [3.05, 3.63) is 34.7 Å². The molecule has 5 nitrogen and oxygen atoms in total. The molecule has 116 valence electrons. The number of pyridine rings is 1. The predicted octanol–water partition coefficient (Wildman–Crippen LogP) is 1.04. The Bertz CT molecular complexity index is 504. The van der Waals surface area contributed by atoms with Gasteiger partial charge in [-0.25, -0.2) is 0 Å². The highest BCUT2D eigenvalue weighted by Crippen LogP contribution is 2.07. The SMILES string of the molecule is CC(C)CN1CCCN(C(=O)Cn2ccc(=O)cc2)CC1. The zero-order valence-corrected chi connectivity index (χ0v) is 13.0. The molecule has 1 fully saturated rings. The van der Waals surface area contributed by atoms with Crippen LogP contribution in [0.2, 0.25) is 0 Å². The summed E-state index contributed by atoms with van der Waals surface area (Å²) in [6.45, 7) is 9.51. The Morgan fingerprint density at radius 1 is 1.14 bits per heavy atom. The smallest absolute Gasteiger partial charge is 0.242 e. The van der Waals surface area contributed by atoms with Crippen molar-refractivity contribution >= 4 is 5.91 Å². The molecule has 0 saturated carbocycles. The van der Waals surface area contributed by atoms with E-state index in [1.807, 2.05) is 4.90 Å². The van der Waals surface area contributed by atoms with Crippen LogP contribution in [-0.2, 0) is 11.3 Å². The maximum absolute atomic E-state index is 12.3. The molecule has 1 aliphatic rings. The summed E-state index contributed by atoms with van der Waals surface area (Å²) in [5.41, 5.74) is -0.0298. The van der Waals surface area contributed by atoms with Crippen LogP contribution < -0.4 is 5.43 Å². The highest BCUT2D eigenvalue weighted by Gasteiger charge is 2.19. The first kappa shape index (κ1) is 15.8. The summed E-state index contributed by atoms with van der Waals surface area (Å²) in [6.07, 6.45) is 4.37. The van der Waals surface area contributed by atoms with Gasteiger partial charge in [0.15, 0.2) is 5.43 Å². The quantitative estimate of drug-likeness (QED) is 0.832. The fourth-order valence-corrected chi connectivity index (χ4v) is 2.72. The van der Waals surface area contributed by atoms with Crippen molar-refractivity contribution in [3.8, 4) is 0 Å². The molecule has 0 spiro atoms. The fraction of sp³-hybridized carbons (Fsp3) is 0.625. The van der Waals surface area contributed by atoms with Gasteiger partial charge in [-0.05, 0) is 18.9 Å². The van der Waals surface area contributed by atoms with Gasteiger partial charge in [0, 0.05) is 50.7 Å². The van der Waals surface area contributed by atoms with Gasteiger partial charge >= 0.3 is 0 Å². The predicted molar refractivity (Wildman–Crippen MR) is 83.2 cm³/mol. The van der Waals surface area contributed by atoms with Crippen LogP contribution in [0.15, 0.2) is 29.3 Å². The van der Waals surface area contributed by atoms with Crippen LogP contribution >= 0.6 is 0 Å². The lowest BCUT2D eigenvalue weighted by molar-refractivity contribution is -0.131. The Kier molecular flexibility index (Phi) is 5.56. The average Bonchev–Trinajstić information content (AvgIpc) is 2.66. The van der Waals surface area contributed by atoms with Crippen molar-refractivity contribution in [2.24, 2.45) is 5.92 Å². The fourth-order valence-electron chi connectivity index (χ4n) is 2.72. The third-order valence-corrected chi connectivity index (χ3v) is 3.74. The van der Waals surface area contributed by atoms with Crippen LogP contribution in [0.4, 0.5) is 0 Å². The summed E-state index contributed by atoms with van der Waals surface area (Å²) in [7, 11) is 0. The number of hydrogen-bond acceptors (Lipinski definition) is 3. The maximum atomic E-state index is 12.3. The van der Waals surface area contributed by atoms with Gasteiger partial charge in [0.2, 0.25) is 5.91 Å². The van der Waals surface area contributed by atoms with E-state index in [9.17, 15) is 9.59 Å². The Labute approximate surface area is 126 Å². The maximum Gasteiger partial charge on any atom is 0.242 e. The molecule has 0 bridgehead atoms. The number of hydrogen-bond donors (Lipinski definition) is 0. The second-order valence-corrected chi connectivity index (χ2v) is 6.13. The molecule has 0 aliphatic carbocycles. The van der Waals surface area contributed by atoms with Crippen LogP contribution in [0.3, 0.4) is 0 Å². The van der Waals surface area contributed by atoms with E-state index in [4.69, 9.17) is 0 Å². The van der Waals surface area contributed by atoms with Crippen molar-refractivity contribution in [3.63, 3.8) is 0 Å². The molecule has 5 heteroatoms. The molecule has 1 saturated heterocycles. The monoisotopic (exact) mass is 291 g/mol. The summed E-state index contributed by atoms with van der Waals surface area (Å²) >= 11 is 0. The summed E-state index contributed by atoms with van der Waals surface area (Å²) in [5, 5.41) is 0. The molecule has 0 N–H and O–H groups in total. The van der Waals surface area contributed by atoms with Crippen LogP contribution in [0, 0.1) is 5.92 Å². The van der Waals surface area contributed by atoms with Gasteiger partial charge < -0.3 is 14.4 Å². The van der Waals surface area contributed by atoms with Gasteiger partial charge in [-0.1, -0.05) is 13.8 Å². The van der Waals surface area contributed by atoms with Crippen molar-refractivity contribution in [2.75, 3.05) is 32.7 Å². The van der Waals surface area contributed by atoms with Crippen LogP contribution in [0.1, 0.15) is 20.3 Å². The Morgan fingerprint density at radius 2 is 1.86 bits per heavy atom. The van der Waals surface area contributed by atoms with Crippen LogP contribution in [0.25, 0.3) is 0 Å². The molecule has 1 amide bonds. The number of carbonyl (C=O) groups is 1. The van der Waals surface area contributed by atoms with E-state index < -0.39 is 0 Å². The van der Waals surface area contributed by atoms with E-state index in [-0.39, 0.29) is 11.3 Å². The molecule has 21 heavy (non-hydrogen) atoms. The van der Waals surface area contributed by atoms with Gasteiger partial charge in [-0.15, -0.1) is 0 Å². The van der Waals surface area contributed by atoms with Gasteiger partial charge in [-0.2, -0.15) is 0 Å². The minimum absolute atomic E-state index is 0.0298. The van der Waals surface area contributed by atoms with E-state index in [0.29, 0.717) is 12.5 Å². The molecule has 2 rings (SSSR count). The zero-order valence-electron chi connectivity index (χ0n) is 13.0. The lowest BCUT2D eigenvalue weighted by Crippen LogP contribution is -2.37. The summed E-state index contributed by atoms with van der Waals surface area (Å²) in [4.78, 5) is 27.8. The van der Waals surface area contributed by atoms with Crippen molar-refractivity contribution in [1.82, 2.24) is 14.4 Å². The Balaban J connectivity index is 1.88. The first-order valence-corrected chi connectivity index (χ1v) is 7.71. The molecule has 2 heterocycles. The third-order valence-electron chi connectivity index (χ3n) is 3.74. The average molecular weight is 291 g/mol. The first-order valence-electron chi connectivity index (χ1n) is 7.71. The topological polar surface area (TPSA) is 45.5 Å². The first-order chi connectivity index (χ1) is 10.0. The number of rotatable bonds is 4. The molecule has 1 aliphatic heterocycles. The largest absolute Gasteiger partial charge is 0.345 e. The Hall–Kier alpha value is -1.62. The van der Waals surface area contributed by atoms with Gasteiger partial charge in [0.1, 0.15) is 6.54 Å². The molecule has 1 aromatic heterocycles. The molecule has 0 unspecified atom stereocenters.